The maximum absolute atomic E-state index is 13.9. The largest absolute Gasteiger partial charge is 0.294 e. The van der Waals surface area contributed by atoms with Gasteiger partial charge in [0.2, 0.25) is 0 Å². The average Bonchev–Trinajstić information content (AvgIpc) is 3.03. The smallest absolute Gasteiger partial charge is 0.171 e. The van der Waals surface area contributed by atoms with Gasteiger partial charge in [0.25, 0.3) is 0 Å². The first-order valence-electron chi connectivity index (χ1n) is 7.90. The summed E-state index contributed by atoms with van der Waals surface area (Å²) in [5.74, 6) is -0.857. The van der Waals surface area contributed by atoms with E-state index in [4.69, 9.17) is 0 Å². The van der Waals surface area contributed by atoms with Crippen molar-refractivity contribution in [1.29, 1.82) is 0 Å². The number of aromatic nitrogens is 3. The Hall–Kier alpha value is -2.82. The molecule has 0 saturated carbocycles. The van der Waals surface area contributed by atoms with Gasteiger partial charge in [0.05, 0.1) is 24.4 Å². The highest BCUT2D eigenvalue weighted by Gasteiger charge is 2.17. The Morgan fingerprint density at radius 3 is 2.75 bits per heavy atom. The molecule has 0 spiro atoms. The van der Waals surface area contributed by atoms with Crippen LogP contribution in [-0.4, -0.2) is 21.0 Å². The number of hydrogen-bond donors (Lipinski definition) is 1. The number of ketones is 1. The second-order valence-corrected chi connectivity index (χ2v) is 5.65. The number of pyridine rings is 1. The number of hydrogen-bond acceptors (Lipinski definition) is 3. The molecule has 0 atom stereocenters. The van der Waals surface area contributed by atoms with E-state index in [9.17, 15) is 9.18 Å². The summed E-state index contributed by atoms with van der Waals surface area (Å²) in [5, 5.41) is 6.90. The molecule has 0 aliphatic rings. The van der Waals surface area contributed by atoms with Gasteiger partial charge in [-0.3, -0.25) is 14.9 Å². The topological polar surface area (TPSA) is 58.6 Å². The molecule has 4 nitrogen and oxygen atoms in total. The summed E-state index contributed by atoms with van der Waals surface area (Å²) in [6.07, 6.45) is 4.26. The molecule has 0 amide bonds. The molecule has 122 valence electrons. The van der Waals surface area contributed by atoms with Crippen LogP contribution < -0.4 is 0 Å². The van der Waals surface area contributed by atoms with Crippen molar-refractivity contribution in [3.8, 4) is 0 Å². The van der Waals surface area contributed by atoms with Gasteiger partial charge in [-0.2, -0.15) is 5.10 Å². The summed E-state index contributed by atoms with van der Waals surface area (Å²) in [6, 6.07) is 11.5. The Kier molecular flexibility index (Phi) is 4.79. The molecule has 2 aromatic heterocycles. The molecule has 0 aliphatic heterocycles. The van der Waals surface area contributed by atoms with E-state index in [1.54, 1.807) is 6.20 Å². The second-order valence-electron chi connectivity index (χ2n) is 5.65. The van der Waals surface area contributed by atoms with E-state index in [2.05, 4.69) is 15.2 Å². The van der Waals surface area contributed by atoms with Gasteiger partial charge in [-0.25, -0.2) is 4.39 Å². The SMILES string of the molecule is CCc1cc(C(=O)Cc2[nH]ncc2Cc2ccccc2)c(F)cn1. The molecular weight excluding hydrogens is 305 g/mol. The number of benzene rings is 1. The summed E-state index contributed by atoms with van der Waals surface area (Å²) >= 11 is 0. The normalized spacial score (nSPS) is 10.8. The molecule has 0 saturated heterocycles. The van der Waals surface area contributed by atoms with Crippen LogP contribution in [0.25, 0.3) is 0 Å². The van der Waals surface area contributed by atoms with Crippen molar-refractivity contribution in [2.75, 3.05) is 0 Å². The number of Topliss-reactive ketones (excluding diaryl/α,β-unsaturated/α-hetero) is 1. The van der Waals surface area contributed by atoms with Crippen LogP contribution >= 0.6 is 0 Å². The van der Waals surface area contributed by atoms with Gasteiger partial charge >= 0.3 is 0 Å². The molecule has 0 fully saturated rings. The van der Waals surface area contributed by atoms with Gasteiger partial charge in [0, 0.05) is 17.8 Å². The number of aromatic amines is 1. The van der Waals surface area contributed by atoms with Gasteiger partial charge in [-0.05, 0) is 23.6 Å². The molecule has 0 unspecified atom stereocenters. The average molecular weight is 323 g/mol. The highest BCUT2D eigenvalue weighted by molar-refractivity contribution is 5.97. The predicted molar refractivity (Wildman–Crippen MR) is 89.4 cm³/mol. The highest BCUT2D eigenvalue weighted by Crippen LogP contribution is 2.16. The van der Waals surface area contributed by atoms with Crippen LogP contribution in [0.1, 0.15) is 39.8 Å². The van der Waals surface area contributed by atoms with E-state index >= 15 is 0 Å². The van der Waals surface area contributed by atoms with Crippen LogP contribution in [0.3, 0.4) is 0 Å². The van der Waals surface area contributed by atoms with Crippen LogP contribution in [0.5, 0.6) is 0 Å². The van der Waals surface area contributed by atoms with Gasteiger partial charge in [-0.1, -0.05) is 37.3 Å². The minimum Gasteiger partial charge on any atom is -0.294 e. The zero-order valence-corrected chi connectivity index (χ0v) is 13.4. The quantitative estimate of drug-likeness (QED) is 0.706. The van der Waals surface area contributed by atoms with Crippen molar-refractivity contribution in [3.05, 3.63) is 82.7 Å². The minimum absolute atomic E-state index is 0.0853. The van der Waals surface area contributed by atoms with Crippen molar-refractivity contribution >= 4 is 5.78 Å². The van der Waals surface area contributed by atoms with Crippen LogP contribution in [0, 0.1) is 5.82 Å². The monoisotopic (exact) mass is 323 g/mol. The number of rotatable bonds is 6. The first-order valence-corrected chi connectivity index (χ1v) is 7.90. The number of H-pyrrole nitrogens is 1. The Balaban J connectivity index is 1.80. The highest BCUT2D eigenvalue weighted by atomic mass is 19.1. The summed E-state index contributed by atoms with van der Waals surface area (Å²) < 4.78 is 13.9. The molecule has 3 aromatic rings. The maximum Gasteiger partial charge on any atom is 0.171 e. The minimum atomic E-state index is -0.582. The lowest BCUT2D eigenvalue weighted by Crippen LogP contribution is -2.09. The first kappa shape index (κ1) is 16.1. The number of nitrogens with zero attached hydrogens (tertiary/aromatic N) is 2. The second kappa shape index (κ2) is 7.17. The predicted octanol–water partition coefficient (Wildman–Crippen LogP) is 3.52. The molecule has 24 heavy (non-hydrogen) atoms. The fraction of sp³-hybridized carbons (Fsp3) is 0.211. The molecule has 1 aromatic carbocycles. The molecule has 3 rings (SSSR count). The van der Waals surface area contributed by atoms with Crippen LogP contribution in [-0.2, 0) is 19.3 Å². The van der Waals surface area contributed by atoms with Crippen LogP contribution in [0.15, 0.2) is 48.8 Å². The first-order chi connectivity index (χ1) is 11.7. The van der Waals surface area contributed by atoms with Gasteiger partial charge in [0.15, 0.2) is 11.6 Å². The van der Waals surface area contributed by atoms with E-state index in [1.165, 1.54) is 6.07 Å². The van der Waals surface area contributed by atoms with E-state index < -0.39 is 5.82 Å². The Morgan fingerprint density at radius 1 is 1.21 bits per heavy atom. The summed E-state index contributed by atoms with van der Waals surface area (Å²) in [6.45, 7) is 1.92. The van der Waals surface area contributed by atoms with Crippen LogP contribution in [0.4, 0.5) is 4.39 Å². The summed E-state index contributed by atoms with van der Waals surface area (Å²) in [5.41, 5.74) is 3.59. The lowest BCUT2D eigenvalue weighted by molar-refractivity contribution is 0.0987. The van der Waals surface area contributed by atoms with Crippen molar-refractivity contribution in [2.24, 2.45) is 0 Å². The lowest BCUT2D eigenvalue weighted by Gasteiger charge is -2.06. The van der Waals surface area contributed by atoms with E-state index in [-0.39, 0.29) is 17.8 Å². The molecular formula is C19H18FN3O. The number of carbonyl (C=O) groups excluding carboxylic acids is 1. The van der Waals surface area contributed by atoms with Gasteiger partial charge in [0.1, 0.15) is 0 Å². The van der Waals surface area contributed by atoms with Crippen molar-refractivity contribution in [1.82, 2.24) is 15.2 Å². The summed E-state index contributed by atoms with van der Waals surface area (Å²) in [4.78, 5) is 16.5. The molecule has 2 heterocycles. The maximum atomic E-state index is 13.9. The van der Waals surface area contributed by atoms with Gasteiger partial charge in [-0.15, -0.1) is 0 Å². The third-order valence-corrected chi connectivity index (χ3v) is 3.96. The van der Waals surface area contributed by atoms with Crippen LogP contribution in [0.2, 0.25) is 0 Å². The number of carbonyl (C=O) groups is 1. The number of aryl methyl sites for hydroxylation is 1. The lowest BCUT2D eigenvalue weighted by atomic mass is 10.0. The molecule has 1 N–H and O–H groups in total. The number of nitrogens with one attached hydrogen (secondary N) is 1. The number of halogens is 1. The molecule has 0 bridgehead atoms. The van der Waals surface area contributed by atoms with Crippen molar-refractivity contribution in [2.45, 2.75) is 26.2 Å². The van der Waals surface area contributed by atoms with Gasteiger partial charge < -0.3 is 0 Å². The molecule has 0 aliphatic carbocycles. The van der Waals surface area contributed by atoms with E-state index in [0.717, 1.165) is 23.0 Å². The fourth-order valence-corrected chi connectivity index (χ4v) is 2.60. The zero-order valence-electron chi connectivity index (χ0n) is 13.4. The third kappa shape index (κ3) is 3.56. The Labute approximate surface area is 139 Å². The summed E-state index contributed by atoms with van der Waals surface area (Å²) in [7, 11) is 0. The molecule has 0 radical (unpaired) electrons. The van der Waals surface area contributed by atoms with Crippen molar-refractivity contribution < 1.29 is 9.18 Å². The van der Waals surface area contributed by atoms with E-state index in [0.29, 0.717) is 18.5 Å². The zero-order chi connectivity index (χ0) is 16.9. The Bertz CT molecular complexity index is 843. The fourth-order valence-electron chi connectivity index (χ4n) is 2.60. The Morgan fingerprint density at radius 2 is 2.00 bits per heavy atom. The van der Waals surface area contributed by atoms with E-state index in [1.807, 2.05) is 37.3 Å². The molecule has 5 heteroatoms. The standard InChI is InChI=1S/C19H18FN3O/c1-2-15-9-16(17(20)12-21-15)19(24)10-18-14(11-22-23-18)8-13-6-4-3-5-7-13/h3-7,9,11-12H,2,8,10H2,1H3,(H,22,23). The van der Waals surface area contributed by atoms with Crippen molar-refractivity contribution in [3.63, 3.8) is 0 Å². The third-order valence-electron chi connectivity index (χ3n) is 3.96.